The van der Waals surface area contributed by atoms with Crippen molar-refractivity contribution >= 4 is 107 Å². The Hall–Kier alpha value is -8.05. The Kier molecular flexibility index (Phi) is 7.27. The lowest BCUT2D eigenvalue weighted by Gasteiger charge is -2.18. The Bertz CT molecular complexity index is 4200. The smallest absolute Gasteiger partial charge is 0.164 e. The number of thiophene rings is 1. The van der Waals surface area contributed by atoms with Gasteiger partial charge in [0.15, 0.2) is 17.5 Å². The van der Waals surface area contributed by atoms with Crippen molar-refractivity contribution in [2.45, 2.75) is 0 Å². The van der Waals surface area contributed by atoms with Gasteiger partial charge >= 0.3 is 0 Å². The van der Waals surface area contributed by atoms with Crippen molar-refractivity contribution < 1.29 is 0 Å². The van der Waals surface area contributed by atoms with Crippen LogP contribution in [0.3, 0.4) is 0 Å². The topological polar surface area (TPSA) is 38.7 Å². The molecule has 4 heteroatoms. The second-order valence-corrected chi connectivity index (χ2v) is 17.7. The maximum absolute atomic E-state index is 5.28. The van der Waals surface area contributed by atoms with E-state index in [4.69, 9.17) is 15.0 Å². The average Bonchev–Trinajstić information content (AvgIpc) is 3.73. The molecule has 0 N–H and O–H groups in total. The molecular weight excluding hydrogens is 783 g/mol. The molecule has 0 amide bonds. The van der Waals surface area contributed by atoms with Gasteiger partial charge in [0.2, 0.25) is 0 Å². The van der Waals surface area contributed by atoms with Gasteiger partial charge in [0.05, 0.1) is 0 Å². The number of rotatable bonds is 4. The van der Waals surface area contributed by atoms with Crippen molar-refractivity contribution in [2.75, 3.05) is 0 Å². The maximum Gasteiger partial charge on any atom is 0.164 e. The predicted molar refractivity (Wildman–Crippen MR) is 268 cm³/mol. The molecule has 12 aromatic carbocycles. The zero-order valence-corrected chi connectivity index (χ0v) is 34.6. The molecule has 63 heavy (non-hydrogen) atoms. The van der Waals surface area contributed by atoms with E-state index in [2.05, 4.69) is 182 Å². The summed E-state index contributed by atoms with van der Waals surface area (Å²) in [4.78, 5) is 15.6. The van der Waals surface area contributed by atoms with Gasteiger partial charge in [-0.15, -0.1) is 11.3 Å². The van der Waals surface area contributed by atoms with E-state index in [0.717, 1.165) is 27.5 Å². The second kappa shape index (κ2) is 13.2. The first-order valence-corrected chi connectivity index (χ1v) is 22.2. The highest BCUT2D eigenvalue weighted by Gasteiger charge is 2.20. The van der Waals surface area contributed by atoms with Gasteiger partial charge < -0.3 is 0 Å². The van der Waals surface area contributed by atoms with Crippen LogP contribution < -0.4 is 0 Å². The monoisotopic (exact) mass is 815 g/mol. The van der Waals surface area contributed by atoms with Crippen molar-refractivity contribution in [3.8, 4) is 45.3 Å². The molecule has 14 rings (SSSR count). The summed E-state index contributed by atoms with van der Waals surface area (Å²) in [5.41, 5.74) is 5.23. The van der Waals surface area contributed by atoms with Gasteiger partial charge in [0.1, 0.15) is 0 Å². The van der Waals surface area contributed by atoms with Crippen LogP contribution in [0.2, 0.25) is 0 Å². The van der Waals surface area contributed by atoms with E-state index < -0.39 is 0 Å². The zero-order valence-electron chi connectivity index (χ0n) is 33.8. The van der Waals surface area contributed by atoms with E-state index in [1.54, 1.807) is 11.3 Å². The molecule has 0 atom stereocenters. The SMILES string of the molecule is c1ccc(-c2nc(-c3ccc4c(c3)sc3ccccc34)nc(-c3ccc(-c4cc5ccc6cccc7c8cccc9ccc%10cccc(c(c4)c5c67)c%10c98)c4ccccc34)n2)cc1. The van der Waals surface area contributed by atoms with Crippen LogP contribution in [0.1, 0.15) is 0 Å². The second-order valence-electron chi connectivity index (χ2n) is 16.7. The summed E-state index contributed by atoms with van der Waals surface area (Å²) in [6, 6.07) is 73.0. The number of benzene rings is 11. The highest BCUT2D eigenvalue weighted by atomic mass is 32.1. The molecule has 0 unspecified atom stereocenters. The molecular formula is C59H33N3S. The normalized spacial score (nSPS) is 12.1. The molecule has 3 nitrogen and oxygen atoms in total. The van der Waals surface area contributed by atoms with Crippen LogP contribution in [0.25, 0.3) is 141 Å². The fourth-order valence-corrected chi connectivity index (χ4v) is 11.5. The highest BCUT2D eigenvalue weighted by Crippen LogP contribution is 2.46. The van der Waals surface area contributed by atoms with Crippen LogP contribution in [-0.4, -0.2) is 15.0 Å². The summed E-state index contributed by atoms with van der Waals surface area (Å²) in [5.74, 6) is 1.96. The third-order valence-electron chi connectivity index (χ3n) is 13.2. The fraction of sp³-hybridized carbons (Fsp3) is 0. The average molecular weight is 816 g/mol. The molecule has 0 fully saturated rings. The molecule has 0 saturated heterocycles. The van der Waals surface area contributed by atoms with Crippen LogP contribution in [-0.2, 0) is 0 Å². The number of aromatic nitrogens is 3. The van der Waals surface area contributed by atoms with E-state index in [9.17, 15) is 0 Å². The third-order valence-corrected chi connectivity index (χ3v) is 14.3. The Morgan fingerprint density at radius 2 is 0.762 bits per heavy atom. The van der Waals surface area contributed by atoms with Crippen LogP contribution in [0.4, 0.5) is 0 Å². The number of fused-ring (bicyclic) bond motifs is 6. The van der Waals surface area contributed by atoms with Crippen molar-refractivity contribution in [2.24, 2.45) is 0 Å². The number of nitrogens with zero attached hydrogens (tertiary/aromatic N) is 3. The van der Waals surface area contributed by atoms with Gasteiger partial charge in [-0.25, -0.2) is 15.0 Å². The fourth-order valence-electron chi connectivity index (χ4n) is 10.4. The summed E-state index contributed by atoms with van der Waals surface area (Å²) in [5, 5.41) is 20.1. The van der Waals surface area contributed by atoms with Crippen molar-refractivity contribution in [3.63, 3.8) is 0 Å². The quantitative estimate of drug-likeness (QED) is 0.166. The molecule has 0 aliphatic carbocycles. The minimum absolute atomic E-state index is 0.650. The molecule has 290 valence electrons. The molecule has 0 bridgehead atoms. The first kappa shape index (κ1) is 34.6. The Labute approximate surface area is 365 Å². The standard InChI is InChI=1S/C59H33N3S/c1-2-11-37(12-3-1)57-60-58(39-27-28-45-44-18-6-7-22-51(44)63-52(45)33-39)62-59(61-57)49-30-29-41(42-16-4-5-17-43(42)49)40-31-38-26-25-36-14-9-20-47-46-19-8-13-34-23-24-35-15-10-21-48(55(35)53(34)46)50(32-40)56(38)54(36)47/h1-33H. The summed E-state index contributed by atoms with van der Waals surface area (Å²) in [6.07, 6.45) is 0. The maximum atomic E-state index is 5.28. The van der Waals surface area contributed by atoms with Gasteiger partial charge in [-0.05, 0) is 117 Å². The number of hydrogen-bond acceptors (Lipinski definition) is 4. The zero-order chi connectivity index (χ0) is 41.2. The van der Waals surface area contributed by atoms with E-state index in [1.165, 1.54) is 95.9 Å². The van der Waals surface area contributed by atoms with Crippen LogP contribution in [0.5, 0.6) is 0 Å². The third kappa shape index (κ3) is 5.16. The van der Waals surface area contributed by atoms with Crippen LogP contribution in [0.15, 0.2) is 200 Å². The van der Waals surface area contributed by atoms with Crippen molar-refractivity contribution in [3.05, 3.63) is 200 Å². The van der Waals surface area contributed by atoms with E-state index in [1.807, 2.05) is 18.2 Å². The van der Waals surface area contributed by atoms with Gasteiger partial charge in [-0.1, -0.05) is 170 Å². The molecule has 0 radical (unpaired) electrons. The van der Waals surface area contributed by atoms with Gasteiger partial charge in [-0.3, -0.25) is 0 Å². The first-order chi connectivity index (χ1) is 31.2. The Morgan fingerprint density at radius 1 is 0.254 bits per heavy atom. The Morgan fingerprint density at radius 3 is 1.46 bits per heavy atom. The minimum atomic E-state index is 0.650. The minimum Gasteiger partial charge on any atom is -0.208 e. The van der Waals surface area contributed by atoms with Gasteiger partial charge in [-0.2, -0.15) is 0 Å². The number of hydrogen-bond donors (Lipinski definition) is 0. The van der Waals surface area contributed by atoms with Crippen molar-refractivity contribution in [1.29, 1.82) is 0 Å². The molecule has 0 aliphatic rings. The summed E-state index contributed by atoms with van der Waals surface area (Å²) in [7, 11) is 0. The Balaban J connectivity index is 1.02. The summed E-state index contributed by atoms with van der Waals surface area (Å²) >= 11 is 1.81. The molecule has 2 heterocycles. The lowest BCUT2D eigenvalue weighted by atomic mass is 9.86. The predicted octanol–water partition coefficient (Wildman–Crippen LogP) is 16.4. The van der Waals surface area contributed by atoms with E-state index in [0.29, 0.717) is 17.5 Å². The van der Waals surface area contributed by atoms with E-state index >= 15 is 0 Å². The van der Waals surface area contributed by atoms with Crippen molar-refractivity contribution in [1.82, 2.24) is 15.0 Å². The van der Waals surface area contributed by atoms with Crippen LogP contribution in [0, 0.1) is 0 Å². The molecule has 0 spiro atoms. The molecule has 0 saturated carbocycles. The lowest BCUT2D eigenvalue weighted by Crippen LogP contribution is -2.00. The summed E-state index contributed by atoms with van der Waals surface area (Å²) in [6.45, 7) is 0. The van der Waals surface area contributed by atoms with Crippen LogP contribution >= 0.6 is 11.3 Å². The molecule has 0 aliphatic heterocycles. The van der Waals surface area contributed by atoms with Gasteiger partial charge in [0.25, 0.3) is 0 Å². The van der Waals surface area contributed by atoms with E-state index in [-0.39, 0.29) is 0 Å². The lowest BCUT2D eigenvalue weighted by molar-refractivity contribution is 1.08. The molecule has 14 aromatic rings. The molecule has 2 aromatic heterocycles. The summed E-state index contributed by atoms with van der Waals surface area (Å²) < 4.78 is 2.49. The van der Waals surface area contributed by atoms with Gasteiger partial charge in [0, 0.05) is 36.9 Å². The highest BCUT2D eigenvalue weighted by molar-refractivity contribution is 7.25. The first-order valence-electron chi connectivity index (χ1n) is 21.4. The largest absolute Gasteiger partial charge is 0.208 e.